The van der Waals surface area contributed by atoms with Crippen molar-refractivity contribution >= 4 is 17.4 Å². The van der Waals surface area contributed by atoms with Gasteiger partial charge in [0.1, 0.15) is 5.82 Å². The van der Waals surface area contributed by atoms with Crippen LogP contribution in [0.15, 0.2) is 18.2 Å². The first-order valence-corrected chi connectivity index (χ1v) is 4.10. The summed E-state index contributed by atoms with van der Waals surface area (Å²) in [6.07, 6.45) is -0.633. The van der Waals surface area contributed by atoms with Crippen molar-refractivity contribution in [1.82, 2.24) is 0 Å². The van der Waals surface area contributed by atoms with Crippen molar-refractivity contribution < 1.29 is 24.0 Å². The van der Waals surface area contributed by atoms with Crippen molar-refractivity contribution in [2.24, 2.45) is 0 Å². The fraction of sp³-hybridized carbons (Fsp3) is 0.111. The maximum Gasteiger partial charge on any atom is 0.372 e. The highest BCUT2D eigenvalue weighted by Crippen LogP contribution is 2.20. The molecule has 7 heteroatoms. The zero-order valence-electron chi connectivity index (χ0n) is 7.84. The second-order valence-electron chi connectivity index (χ2n) is 2.94. The van der Waals surface area contributed by atoms with Gasteiger partial charge >= 0.3 is 5.97 Å². The van der Waals surface area contributed by atoms with Gasteiger partial charge in [-0.3, -0.25) is 14.9 Å². The molecule has 1 N–H and O–H groups in total. The van der Waals surface area contributed by atoms with E-state index in [4.69, 9.17) is 5.11 Å². The molecule has 0 amide bonds. The van der Waals surface area contributed by atoms with Crippen LogP contribution in [0.1, 0.15) is 5.56 Å². The van der Waals surface area contributed by atoms with E-state index in [0.29, 0.717) is 6.07 Å². The fourth-order valence-corrected chi connectivity index (χ4v) is 1.11. The lowest BCUT2D eigenvalue weighted by Crippen LogP contribution is -2.15. The van der Waals surface area contributed by atoms with E-state index in [1.807, 2.05) is 0 Å². The zero-order chi connectivity index (χ0) is 12.3. The van der Waals surface area contributed by atoms with E-state index in [1.54, 1.807) is 0 Å². The third-order valence-electron chi connectivity index (χ3n) is 1.83. The van der Waals surface area contributed by atoms with Gasteiger partial charge in [-0.05, 0) is 12.1 Å². The Labute approximate surface area is 88.5 Å². The lowest BCUT2D eigenvalue weighted by atomic mass is 10.1. The molecule has 0 spiro atoms. The summed E-state index contributed by atoms with van der Waals surface area (Å²) in [5.41, 5.74) is -0.728. The highest BCUT2D eigenvalue weighted by molar-refractivity contribution is 6.33. The molecule has 1 aromatic carbocycles. The molecule has 0 fully saturated rings. The first kappa shape index (κ1) is 11.8. The number of carboxylic acids is 1. The van der Waals surface area contributed by atoms with Crippen LogP contribution in [0.2, 0.25) is 0 Å². The number of Topliss-reactive ketones (excluding diaryl/α,β-unsaturated/α-hetero) is 1. The van der Waals surface area contributed by atoms with Crippen LogP contribution in [0.5, 0.6) is 0 Å². The van der Waals surface area contributed by atoms with Crippen LogP contribution in [-0.2, 0) is 16.0 Å². The Bertz CT molecular complexity index is 471. The number of hydrogen-bond donors (Lipinski definition) is 1. The average molecular weight is 227 g/mol. The number of nitro groups is 1. The van der Waals surface area contributed by atoms with Crippen molar-refractivity contribution in [3.05, 3.63) is 39.7 Å². The SMILES string of the molecule is O=C(O)C(=O)Cc1ccc(F)cc1[N+](=O)[O-]. The minimum Gasteiger partial charge on any atom is -0.475 e. The second kappa shape index (κ2) is 4.47. The normalized spacial score (nSPS) is 9.81. The van der Waals surface area contributed by atoms with E-state index >= 15 is 0 Å². The number of nitrogens with zero attached hydrogens (tertiary/aromatic N) is 1. The number of rotatable bonds is 4. The molecule has 0 aliphatic carbocycles. The fourth-order valence-electron chi connectivity index (χ4n) is 1.11. The Hall–Kier alpha value is -2.31. The van der Waals surface area contributed by atoms with Crippen molar-refractivity contribution in [3.8, 4) is 0 Å². The van der Waals surface area contributed by atoms with Gasteiger partial charge in [0, 0.05) is 12.0 Å². The van der Waals surface area contributed by atoms with Crippen LogP contribution >= 0.6 is 0 Å². The molecular formula is C9H6FNO5. The number of nitro benzene ring substituents is 1. The Morgan fingerprint density at radius 2 is 2.06 bits per heavy atom. The molecule has 6 nitrogen and oxygen atoms in total. The molecular weight excluding hydrogens is 221 g/mol. The molecule has 0 aliphatic heterocycles. The van der Waals surface area contributed by atoms with Crippen LogP contribution in [0.3, 0.4) is 0 Å². The Balaban J connectivity index is 3.09. The summed E-state index contributed by atoms with van der Waals surface area (Å²) in [5.74, 6) is -3.69. The quantitative estimate of drug-likeness (QED) is 0.468. The third kappa shape index (κ3) is 2.59. The van der Waals surface area contributed by atoms with E-state index in [1.165, 1.54) is 0 Å². The summed E-state index contributed by atoms with van der Waals surface area (Å²) in [6.45, 7) is 0. The van der Waals surface area contributed by atoms with Gasteiger partial charge in [0.25, 0.3) is 5.69 Å². The van der Waals surface area contributed by atoms with E-state index in [-0.39, 0.29) is 5.56 Å². The highest BCUT2D eigenvalue weighted by Gasteiger charge is 2.20. The molecule has 0 saturated carbocycles. The van der Waals surface area contributed by atoms with Crippen LogP contribution in [0.25, 0.3) is 0 Å². The van der Waals surface area contributed by atoms with Crippen molar-refractivity contribution in [3.63, 3.8) is 0 Å². The summed E-state index contributed by atoms with van der Waals surface area (Å²) < 4.78 is 12.7. The molecule has 84 valence electrons. The number of hydrogen-bond acceptors (Lipinski definition) is 4. The standard InChI is InChI=1S/C9H6FNO5/c10-6-2-1-5(3-8(12)9(13)14)7(4-6)11(15)16/h1-2,4H,3H2,(H,13,14). The highest BCUT2D eigenvalue weighted by atomic mass is 19.1. The molecule has 0 atom stereocenters. The van der Waals surface area contributed by atoms with Crippen molar-refractivity contribution in [1.29, 1.82) is 0 Å². The summed E-state index contributed by atoms with van der Waals surface area (Å²) in [5, 5.41) is 18.8. The van der Waals surface area contributed by atoms with Gasteiger partial charge in [0.2, 0.25) is 5.78 Å². The van der Waals surface area contributed by atoms with Gasteiger partial charge in [0.15, 0.2) is 0 Å². The molecule has 0 aromatic heterocycles. The minimum absolute atomic E-state index is 0.126. The molecule has 0 aliphatic rings. The van der Waals surface area contributed by atoms with Gasteiger partial charge in [-0.1, -0.05) is 0 Å². The number of benzene rings is 1. The Kier molecular flexibility index (Phi) is 3.29. The number of ketones is 1. The van der Waals surface area contributed by atoms with Crippen LogP contribution in [-0.4, -0.2) is 21.8 Å². The monoisotopic (exact) mass is 227 g/mol. The molecule has 0 radical (unpaired) electrons. The molecule has 16 heavy (non-hydrogen) atoms. The first-order chi connectivity index (χ1) is 7.41. The summed E-state index contributed by atoms with van der Waals surface area (Å²) in [6, 6.07) is 2.59. The number of halogens is 1. The lowest BCUT2D eigenvalue weighted by Gasteiger charge is -2.00. The maximum atomic E-state index is 12.7. The summed E-state index contributed by atoms with van der Waals surface area (Å²) in [7, 11) is 0. The molecule has 0 saturated heterocycles. The van der Waals surface area contributed by atoms with Crippen LogP contribution in [0, 0.1) is 15.9 Å². The van der Waals surface area contributed by atoms with Crippen LogP contribution in [0.4, 0.5) is 10.1 Å². The molecule has 0 heterocycles. The smallest absolute Gasteiger partial charge is 0.372 e. The topological polar surface area (TPSA) is 97.5 Å². The number of aliphatic carboxylic acids is 1. The molecule has 1 aromatic rings. The number of carboxylic acid groups (broad SMARTS) is 1. The first-order valence-electron chi connectivity index (χ1n) is 4.10. The average Bonchev–Trinajstić information content (AvgIpc) is 2.20. The van der Waals surface area contributed by atoms with Crippen LogP contribution < -0.4 is 0 Å². The van der Waals surface area contributed by atoms with E-state index in [0.717, 1.165) is 12.1 Å². The van der Waals surface area contributed by atoms with Gasteiger partial charge in [0.05, 0.1) is 11.0 Å². The lowest BCUT2D eigenvalue weighted by molar-refractivity contribution is -0.385. The summed E-state index contributed by atoms with van der Waals surface area (Å²) >= 11 is 0. The molecule has 0 unspecified atom stereocenters. The zero-order valence-corrected chi connectivity index (χ0v) is 7.84. The van der Waals surface area contributed by atoms with Crippen molar-refractivity contribution in [2.45, 2.75) is 6.42 Å². The molecule has 0 bridgehead atoms. The van der Waals surface area contributed by atoms with E-state index in [9.17, 15) is 24.1 Å². The largest absolute Gasteiger partial charge is 0.475 e. The van der Waals surface area contributed by atoms with Gasteiger partial charge in [-0.25, -0.2) is 9.18 Å². The van der Waals surface area contributed by atoms with Crippen molar-refractivity contribution in [2.75, 3.05) is 0 Å². The summed E-state index contributed by atoms with van der Waals surface area (Å²) in [4.78, 5) is 30.8. The second-order valence-corrected chi connectivity index (χ2v) is 2.94. The van der Waals surface area contributed by atoms with Gasteiger partial charge in [-0.2, -0.15) is 0 Å². The third-order valence-corrected chi connectivity index (χ3v) is 1.83. The number of carbonyl (C=O) groups excluding carboxylic acids is 1. The minimum atomic E-state index is -1.68. The van der Waals surface area contributed by atoms with Gasteiger partial charge in [-0.15, -0.1) is 0 Å². The van der Waals surface area contributed by atoms with Gasteiger partial charge < -0.3 is 5.11 Å². The molecule has 1 rings (SSSR count). The van der Waals surface area contributed by atoms with E-state index < -0.39 is 34.6 Å². The maximum absolute atomic E-state index is 12.7. The predicted molar refractivity (Wildman–Crippen MR) is 49.4 cm³/mol. The Morgan fingerprint density at radius 3 is 2.56 bits per heavy atom. The van der Waals surface area contributed by atoms with E-state index in [2.05, 4.69) is 0 Å². The predicted octanol–water partition coefficient (Wildman–Crippen LogP) is 0.930. The number of carbonyl (C=O) groups is 2. The Morgan fingerprint density at radius 1 is 1.44 bits per heavy atom.